The molecule has 4 heteroatoms. The first-order valence-corrected chi connectivity index (χ1v) is 8.94. The van der Waals surface area contributed by atoms with Crippen LogP contribution >= 0.6 is 11.2 Å². The Bertz CT molecular complexity index is 131. The molecule has 2 nitrogen and oxygen atoms in total. The summed E-state index contributed by atoms with van der Waals surface area (Å²) in [5.41, 5.74) is 5.48. The lowest BCUT2D eigenvalue weighted by Gasteiger charge is -2.23. The minimum Gasteiger partial charge on any atom is -0.410 e. The van der Waals surface area contributed by atoms with E-state index in [1.807, 2.05) is 0 Å². The molecule has 0 saturated carbocycles. The van der Waals surface area contributed by atoms with Crippen LogP contribution in [0.1, 0.15) is 32.6 Å². The number of hydrogen-bond donors (Lipinski definition) is 1. The summed E-state index contributed by atoms with van der Waals surface area (Å²) in [6.07, 6.45) is 5.10. The van der Waals surface area contributed by atoms with Gasteiger partial charge < -0.3 is 10.2 Å². The number of rotatable bonds is 5. The summed E-state index contributed by atoms with van der Waals surface area (Å²) in [6.45, 7) is 4.16. The summed E-state index contributed by atoms with van der Waals surface area (Å²) in [7, 11) is -0.851. The molecule has 1 aliphatic rings. The Hall–Kier alpha value is 0.487. The van der Waals surface area contributed by atoms with Gasteiger partial charge in [-0.05, 0) is 37.1 Å². The van der Waals surface area contributed by atoms with Crippen LogP contribution in [0.3, 0.4) is 0 Å². The Morgan fingerprint density at radius 3 is 3.00 bits per heavy atom. The van der Waals surface area contributed by atoms with E-state index in [-0.39, 0.29) is 0 Å². The maximum absolute atomic E-state index is 5.80. The van der Waals surface area contributed by atoms with Crippen molar-refractivity contribution in [1.29, 1.82) is 0 Å². The maximum Gasteiger partial charge on any atom is 0.238 e. The lowest BCUT2D eigenvalue weighted by Crippen LogP contribution is -2.22. The van der Waals surface area contributed by atoms with Crippen LogP contribution in [0, 0.1) is 0 Å². The van der Waals surface area contributed by atoms with Gasteiger partial charge in [-0.25, -0.2) is 0 Å². The molecule has 2 atom stereocenters. The van der Waals surface area contributed by atoms with Gasteiger partial charge in [-0.15, -0.1) is 0 Å². The van der Waals surface area contributed by atoms with Crippen molar-refractivity contribution in [3.05, 3.63) is 0 Å². The third-order valence-corrected chi connectivity index (χ3v) is 8.25. The molecule has 78 valence electrons. The Morgan fingerprint density at radius 1 is 1.54 bits per heavy atom. The Morgan fingerprint density at radius 2 is 2.38 bits per heavy atom. The van der Waals surface area contributed by atoms with Crippen LogP contribution in [0.2, 0.25) is 6.04 Å². The highest BCUT2D eigenvalue weighted by Crippen LogP contribution is 2.26. The lowest BCUT2D eigenvalue weighted by molar-refractivity contribution is 0.299. The van der Waals surface area contributed by atoms with Crippen LogP contribution in [0.25, 0.3) is 0 Å². The average molecular weight is 219 g/mol. The third kappa shape index (κ3) is 5.05. The molecule has 0 bridgehead atoms. The molecule has 0 aromatic rings. The van der Waals surface area contributed by atoms with Gasteiger partial charge in [-0.1, -0.05) is 13.3 Å². The highest BCUT2D eigenvalue weighted by atomic mass is 32.4. The second kappa shape index (κ2) is 6.87. The molecule has 0 spiro atoms. The number of nitrogens with two attached hydrogens (primary N) is 1. The fourth-order valence-electron chi connectivity index (χ4n) is 1.55. The largest absolute Gasteiger partial charge is 0.410 e. The van der Waals surface area contributed by atoms with Gasteiger partial charge in [-0.3, -0.25) is 0 Å². The van der Waals surface area contributed by atoms with Gasteiger partial charge in [0.05, 0.1) is 0 Å². The van der Waals surface area contributed by atoms with E-state index < -0.39 is 8.19 Å². The molecule has 0 amide bonds. The van der Waals surface area contributed by atoms with Crippen molar-refractivity contribution in [2.24, 2.45) is 5.73 Å². The summed E-state index contributed by atoms with van der Waals surface area (Å²) in [4.78, 5) is 0. The highest BCUT2D eigenvalue weighted by Gasteiger charge is 2.19. The Balaban J connectivity index is 2.07. The molecule has 2 unspecified atom stereocenters. The standard InChI is InChI=1S/C9H21NOSSi/c1-9(5-4-6-10)12-13-8-3-2-7-11-13/h9,13H,2-8,10H2,1H3. The second-order valence-electron chi connectivity index (χ2n) is 3.67. The zero-order chi connectivity index (χ0) is 9.52. The molecule has 1 heterocycles. The van der Waals surface area contributed by atoms with Crippen LogP contribution < -0.4 is 5.73 Å². The average Bonchev–Trinajstić information content (AvgIpc) is 2.16. The molecule has 0 aromatic carbocycles. The fraction of sp³-hybridized carbons (Fsp3) is 1.00. The quantitative estimate of drug-likeness (QED) is 0.717. The summed E-state index contributed by atoms with van der Waals surface area (Å²) in [5, 5.41) is 0.762. The van der Waals surface area contributed by atoms with Crippen LogP contribution in [0.15, 0.2) is 0 Å². The molecule has 13 heavy (non-hydrogen) atoms. The second-order valence-corrected chi connectivity index (χ2v) is 8.91. The molecule has 1 fully saturated rings. The monoisotopic (exact) mass is 219 g/mol. The van der Waals surface area contributed by atoms with Gasteiger partial charge in [0.25, 0.3) is 0 Å². The van der Waals surface area contributed by atoms with Crippen LogP contribution in [-0.4, -0.2) is 26.6 Å². The van der Waals surface area contributed by atoms with Crippen molar-refractivity contribution >= 4 is 19.4 Å². The maximum atomic E-state index is 5.80. The molecular weight excluding hydrogens is 198 g/mol. The first-order chi connectivity index (χ1) is 6.33. The minimum absolute atomic E-state index is 0.762. The summed E-state index contributed by atoms with van der Waals surface area (Å²) in [6, 6.07) is 1.37. The molecule has 1 aliphatic heterocycles. The predicted octanol–water partition coefficient (Wildman–Crippen LogP) is 1.88. The fourth-order valence-corrected chi connectivity index (χ4v) is 7.20. The lowest BCUT2D eigenvalue weighted by atomic mass is 10.2. The van der Waals surface area contributed by atoms with E-state index in [0.717, 1.165) is 24.8 Å². The molecule has 2 N–H and O–H groups in total. The highest BCUT2D eigenvalue weighted by molar-refractivity contribution is 8.25. The van der Waals surface area contributed by atoms with Gasteiger partial charge in [0.1, 0.15) is 0 Å². The zero-order valence-electron chi connectivity index (χ0n) is 8.50. The van der Waals surface area contributed by atoms with E-state index in [4.69, 9.17) is 10.2 Å². The van der Waals surface area contributed by atoms with Crippen molar-refractivity contribution in [2.75, 3.05) is 13.2 Å². The van der Waals surface area contributed by atoms with E-state index in [0.29, 0.717) is 0 Å². The van der Waals surface area contributed by atoms with Crippen molar-refractivity contribution in [3.8, 4) is 0 Å². The minimum atomic E-state index is -0.851. The number of hydrogen-bond acceptors (Lipinski definition) is 3. The van der Waals surface area contributed by atoms with E-state index in [2.05, 4.69) is 18.1 Å². The topological polar surface area (TPSA) is 35.2 Å². The molecule has 0 radical (unpaired) electrons. The van der Waals surface area contributed by atoms with Gasteiger partial charge in [0.15, 0.2) is 0 Å². The third-order valence-electron chi connectivity index (χ3n) is 2.34. The van der Waals surface area contributed by atoms with Crippen molar-refractivity contribution in [3.63, 3.8) is 0 Å². The summed E-state index contributed by atoms with van der Waals surface area (Å²) in [5.74, 6) is 0. The zero-order valence-corrected chi connectivity index (χ0v) is 10.5. The molecular formula is C9H21NOSSi. The normalized spacial score (nSPS) is 25.8. The van der Waals surface area contributed by atoms with E-state index in [9.17, 15) is 0 Å². The van der Waals surface area contributed by atoms with Crippen LogP contribution in [0.5, 0.6) is 0 Å². The molecule has 1 rings (SSSR count). The summed E-state index contributed by atoms with van der Waals surface area (Å²) >= 11 is 2.12. The smallest absolute Gasteiger partial charge is 0.238 e. The molecule has 0 aliphatic carbocycles. The molecule has 1 saturated heterocycles. The van der Waals surface area contributed by atoms with Crippen LogP contribution in [-0.2, 0) is 4.43 Å². The first kappa shape index (κ1) is 11.6. The summed E-state index contributed by atoms with van der Waals surface area (Å²) < 4.78 is 5.80. The Labute approximate surface area is 87.0 Å². The van der Waals surface area contributed by atoms with Crippen molar-refractivity contribution in [1.82, 2.24) is 0 Å². The van der Waals surface area contributed by atoms with Crippen molar-refractivity contribution in [2.45, 2.75) is 43.9 Å². The first-order valence-electron chi connectivity index (χ1n) is 5.30. The Kier molecular flexibility index (Phi) is 6.11. The van der Waals surface area contributed by atoms with E-state index >= 15 is 0 Å². The van der Waals surface area contributed by atoms with Gasteiger partial charge in [-0.2, -0.15) is 11.2 Å². The van der Waals surface area contributed by atoms with Crippen LogP contribution in [0.4, 0.5) is 0 Å². The van der Waals surface area contributed by atoms with E-state index in [1.165, 1.54) is 25.3 Å². The van der Waals surface area contributed by atoms with E-state index in [1.54, 1.807) is 0 Å². The molecule has 0 aromatic heterocycles. The van der Waals surface area contributed by atoms with Gasteiger partial charge >= 0.3 is 0 Å². The predicted molar refractivity (Wildman–Crippen MR) is 62.5 cm³/mol. The van der Waals surface area contributed by atoms with Gasteiger partial charge in [0, 0.05) is 6.61 Å². The van der Waals surface area contributed by atoms with Gasteiger partial charge in [0.2, 0.25) is 8.19 Å². The SMILES string of the molecule is CC(CCCN)S[SiH]1CCCCO1. The van der Waals surface area contributed by atoms with Crippen molar-refractivity contribution < 1.29 is 4.43 Å².